The van der Waals surface area contributed by atoms with Crippen LogP contribution in [0.2, 0.25) is 0 Å². The van der Waals surface area contributed by atoms with Crippen LogP contribution in [0.4, 0.5) is 0 Å². The molecule has 2 aromatic heterocycles. The number of carbonyl (C=O) groups excluding carboxylic acids is 1. The van der Waals surface area contributed by atoms with Crippen molar-refractivity contribution in [3.05, 3.63) is 75.8 Å². The molecule has 2 aromatic carbocycles. The highest BCUT2D eigenvalue weighted by Gasteiger charge is 2.17. The molecule has 1 aliphatic carbocycles. The third kappa shape index (κ3) is 2.67. The minimum Gasteiger partial charge on any atom is -0.448 e. The zero-order chi connectivity index (χ0) is 18.4. The molecule has 0 spiro atoms. The molecule has 0 saturated heterocycles. The number of fused-ring (bicyclic) bond motifs is 4. The highest BCUT2D eigenvalue weighted by molar-refractivity contribution is 6.02. The number of furan rings is 1. The van der Waals surface area contributed by atoms with Gasteiger partial charge in [-0.05, 0) is 55.0 Å². The molecule has 0 unspecified atom stereocenters. The van der Waals surface area contributed by atoms with E-state index in [1.54, 1.807) is 6.07 Å². The zero-order valence-electron chi connectivity index (χ0n) is 14.8. The molecule has 0 aliphatic heterocycles. The standard InChI is InChI=1S/C22H18N2O3/c25-18(16-10-9-14-5-1-2-6-15(14)11-16)12-24-13-23-20-17-7-3-4-8-19(17)27-21(20)22(24)26/h3-4,7-11,13H,1-2,5-6,12H2. The van der Waals surface area contributed by atoms with E-state index in [0.717, 1.165) is 24.6 Å². The van der Waals surface area contributed by atoms with E-state index < -0.39 is 0 Å². The van der Waals surface area contributed by atoms with Crippen LogP contribution >= 0.6 is 0 Å². The SMILES string of the molecule is O=C(Cn1cnc2c(oc3ccccc32)c1=O)c1ccc2c(c1)CCCC2. The minimum atomic E-state index is -0.331. The van der Waals surface area contributed by atoms with Crippen molar-refractivity contribution in [2.75, 3.05) is 0 Å². The summed E-state index contributed by atoms with van der Waals surface area (Å²) in [6, 6.07) is 13.3. The lowest BCUT2D eigenvalue weighted by Crippen LogP contribution is -2.24. The van der Waals surface area contributed by atoms with Crippen LogP contribution in [0, 0.1) is 0 Å². The van der Waals surface area contributed by atoms with E-state index in [4.69, 9.17) is 4.42 Å². The summed E-state index contributed by atoms with van der Waals surface area (Å²) in [5.74, 6) is -0.0947. The molecule has 0 bridgehead atoms. The second kappa shape index (κ2) is 6.20. The first kappa shape index (κ1) is 16.0. The molecular weight excluding hydrogens is 340 g/mol. The first-order valence-corrected chi connectivity index (χ1v) is 9.22. The molecule has 0 atom stereocenters. The van der Waals surface area contributed by atoms with E-state index >= 15 is 0 Å². The molecule has 5 heteroatoms. The summed E-state index contributed by atoms with van der Waals surface area (Å²) in [4.78, 5) is 29.9. The predicted octanol–water partition coefficient (Wildman–Crippen LogP) is 3.90. The Morgan fingerprint density at radius 3 is 2.78 bits per heavy atom. The maximum Gasteiger partial charge on any atom is 0.297 e. The van der Waals surface area contributed by atoms with Crippen LogP contribution in [0.3, 0.4) is 0 Å². The Balaban J connectivity index is 1.51. The molecule has 4 aromatic rings. The maximum absolute atomic E-state index is 12.8. The molecular formula is C22H18N2O3. The number of ketones is 1. The van der Waals surface area contributed by atoms with Crippen molar-refractivity contribution in [3.8, 4) is 0 Å². The number of nitrogens with zero attached hydrogens (tertiary/aromatic N) is 2. The van der Waals surface area contributed by atoms with Gasteiger partial charge in [0.05, 0.1) is 12.9 Å². The average Bonchev–Trinajstić information content (AvgIpc) is 3.09. The second-order valence-electron chi connectivity index (χ2n) is 7.07. The van der Waals surface area contributed by atoms with Crippen LogP contribution in [-0.2, 0) is 19.4 Å². The molecule has 134 valence electrons. The molecule has 1 aliphatic rings. The van der Waals surface area contributed by atoms with Gasteiger partial charge in [-0.1, -0.05) is 24.3 Å². The molecule has 0 N–H and O–H groups in total. The number of hydrogen-bond donors (Lipinski definition) is 0. The Morgan fingerprint density at radius 1 is 1.07 bits per heavy atom. The Morgan fingerprint density at radius 2 is 1.89 bits per heavy atom. The lowest BCUT2D eigenvalue weighted by Gasteiger charge is -2.16. The zero-order valence-corrected chi connectivity index (χ0v) is 14.8. The molecule has 2 heterocycles. The number of rotatable bonds is 3. The van der Waals surface area contributed by atoms with Crippen LogP contribution in [-0.4, -0.2) is 15.3 Å². The highest BCUT2D eigenvalue weighted by Crippen LogP contribution is 2.25. The Labute approximate surface area is 155 Å². The minimum absolute atomic E-state index is 0.0440. The fraction of sp³-hybridized carbons (Fsp3) is 0.227. The van der Waals surface area contributed by atoms with Gasteiger partial charge in [-0.2, -0.15) is 0 Å². The van der Waals surface area contributed by atoms with Crippen molar-refractivity contribution >= 4 is 27.9 Å². The quantitative estimate of drug-likeness (QED) is 0.521. The number of aromatic nitrogens is 2. The largest absolute Gasteiger partial charge is 0.448 e. The number of Topliss-reactive ketones (excluding diaryl/α,β-unsaturated/α-hetero) is 1. The lowest BCUT2D eigenvalue weighted by molar-refractivity contribution is 0.0970. The van der Waals surface area contributed by atoms with Crippen molar-refractivity contribution in [2.24, 2.45) is 0 Å². The number of hydrogen-bond acceptors (Lipinski definition) is 4. The van der Waals surface area contributed by atoms with E-state index in [9.17, 15) is 9.59 Å². The summed E-state index contributed by atoms with van der Waals surface area (Å²) in [7, 11) is 0. The number of benzene rings is 2. The van der Waals surface area contributed by atoms with Crippen LogP contribution < -0.4 is 5.56 Å². The fourth-order valence-corrected chi connectivity index (χ4v) is 3.88. The van der Waals surface area contributed by atoms with Gasteiger partial charge in [0.1, 0.15) is 11.1 Å². The van der Waals surface area contributed by atoms with Crippen LogP contribution in [0.5, 0.6) is 0 Å². The Kier molecular flexibility index (Phi) is 3.67. The Bertz CT molecular complexity index is 1250. The third-order valence-electron chi connectivity index (χ3n) is 5.34. The molecule has 5 rings (SSSR count). The normalized spacial score (nSPS) is 13.8. The van der Waals surface area contributed by atoms with Gasteiger partial charge >= 0.3 is 0 Å². The lowest BCUT2D eigenvalue weighted by atomic mass is 9.90. The third-order valence-corrected chi connectivity index (χ3v) is 5.34. The summed E-state index contributed by atoms with van der Waals surface area (Å²) in [5, 5.41) is 0.803. The van der Waals surface area contributed by atoms with Crippen LogP contribution in [0.15, 0.2) is 58.0 Å². The first-order chi connectivity index (χ1) is 13.2. The molecule has 27 heavy (non-hydrogen) atoms. The van der Waals surface area contributed by atoms with Crippen LogP contribution in [0.1, 0.15) is 34.3 Å². The van der Waals surface area contributed by atoms with Crippen molar-refractivity contribution < 1.29 is 9.21 Å². The topological polar surface area (TPSA) is 65.1 Å². The summed E-state index contributed by atoms with van der Waals surface area (Å²) in [5.41, 5.74) is 4.25. The predicted molar refractivity (Wildman–Crippen MR) is 103 cm³/mol. The van der Waals surface area contributed by atoms with Gasteiger partial charge in [-0.25, -0.2) is 4.98 Å². The van der Waals surface area contributed by atoms with E-state index in [2.05, 4.69) is 4.98 Å². The molecule has 0 saturated carbocycles. The van der Waals surface area contributed by atoms with Crippen molar-refractivity contribution in [1.29, 1.82) is 0 Å². The van der Waals surface area contributed by atoms with Gasteiger partial charge in [0.15, 0.2) is 5.78 Å². The number of para-hydroxylation sites is 1. The first-order valence-electron chi connectivity index (χ1n) is 9.22. The summed E-state index contributed by atoms with van der Waals surface area (Å²) in [6.45, 7) is -0.0440. The van der Waals surface area contributed by atoms with Crippen LogP contribution in [0.25, 0.3) is 22.1 Å². The maximum atomic E-state index is 12.8. The van der Waals surface area contributed by atoms with Gasteiger partial charge in [0.2, 0.25) is 5.58 Å². The summed E-state index contributed by atoms with van der Waals surface area (Å²) < 4.78 is 7.00. The monoisotopic (exact) mass is 358 g/mol. The summed E-state index contributed by atoms with van der Waals surface area (Å²) >= 11 is 0. The van der Waals surface area contributed by atoms with E-state index in [0.29, 0.717) is 16.7 Å². The van der Waals surface area contributed by atoms with Crippen molar-refractivity contribution in [1.82, 2.24) is 9.55 Å². The summed E-state index contributed by atoms with van der Waals surface area (Å²) in [6.07, 6.45) is 5.90. The van der Waals surface area contributed by atoms with E-state index in [1.165, 1.54) is 28.4 Å². The molecule has 0 radical (unpaired) electrons. The number of aryl methyl sites for hydroxylation is 2. The fourth-order valence-electron chi connectivity index (χ4n) is 3.88. The smallest absolute Gasteiger partial charge is 0.297 e. The van der Waals surface area contributed by atoms with Gasteiger partial charge in [-0.3, -0.25) is 14.2 Å². The van der Waals surface area contributed by atoms with Gasteiger partial charge in [-0.15, -0.1) is 0 Å². The van der Waals surface area contributed by atoms with Crippen molar-refractivity contribution in [2.45, 2.75) is 32.2 Å². The van der Waals surface area contributed by atoms with E-state index in [-0.39, 0.29) is 23.5 Å². The molecule has 0 fully saturated rings. The average molecular weight is 358 g/mol. The van der Waals surface area contributed by atoms with Gasteiger partial charge in [0.25, 0.3) is 5.56 Å². The molecule has 0 amide bonds. The Hall–Kier alpha value is -3.21. The van der Waals surface area contributed by atoms with E-state index in [1.807, 2.05) is 36.4 Å². The molecule has 5 nitrogen and oxygen atoms in total. The van der Waals surface area contributed by atoms with Gasteiger partial charge in [0, 0.05) is 10.9 Å². The van der Waals surface area contributed by atoms with Gasteiger partial charge < -0.3 is 4.42 Å². The second-order valence-corrected chi connectivity index (χ2v) is 7.07. The highest BCUT2D eigenvalue weighted by atomic mass is 16.3. The number of carbonyl (C=O) groups is 1. The van der Waals surface area contributed by atoms with Crippen molar-refractivity contribution in [3.63, 3.8) is 0 Å².